The van der Waals surface area contributed by atoms with Crippen molar-refractivity contribution in [3.05, 3.63) is 58.2 Å². The van der Waals surface area contributed by atoms with Crippen molar-refractivity contribution in [2.24, 2.45) is 0 Å². The second-order valence-electron chi connectivity index (χ2n) is 5.87. The molecule has 1 amide bonds. The van der Waals surface area contributed by atoms with Gasteiger partial charge in [0.2, 0.25) is 11.7 Å². The van der Waals surface area contributed by atoms with Crippen LogP contribution in [-0.4, -0.2) is 38.7 Å². The first-order chi connectivity index (χ1) is 12.5. The average molecular weight is 375 g/mol. The van der Waals surface area contributed by atoms with E-state index in [1.54, 1.807) is 48.3 Å². The van der Waals surface area contributed by atoms with E-state index >= 15 is 0 Å². The molecule has 2 aromatic heterocycles. The van der Waals surface area contributed by atoms with Crippen molar-refractivity contribution in [2.75, 3.05) is 13.6 Å². The highest BCUT2D eigenvalue weighted by Crippen LogP contribution is 2.18. The molecule has 0 aliphatic carbocycles. The summed E-state index contributed by atoms with van der Waals surface area (Å²) in [6.07, 6.45) is 2.34. The van der Waals surface area contributed by atoms with Gasteiger partial charge in [-0.15, -0.1) is 5.10 Å². The summed E-state index contributed by atoms with van der Waals surface area (Å²) in [4.78, 5) is 26.9. The monoisotopic (exact) mass is 374 g/mol. The average Bonchev–Trinajstić information content (AvgIpc) is 3.25. The summed E-state index contributed by atoms with van der Waals surface area (Å²) in [5.41, 5.74) is 0.136. The number of rotatable bonds is 6. The SMILES string of the molecule is CCCN(C)C(=O)Cn1c(-c2ccco2)nn(-c2ccc(Cl)cc2)c1=O. The number of carbonyl (C=O) groups excluding carboxylic acids is 1. The van der Waals surface area contributed by atoms with Gasteiger partial charge in [-0.1, -0.05) is 18.5 Å². The van der Waals surface area contributed by atoms with E-state index in [1.807, 2.05) is 6.92 Å². The zero-order chi connectivity index (χ0) is 18.7. The number of carbonyl (C=O) groups is 1. The first-order valence-corrected chi connectivity index (χ1v) is 8.62. The van der Waals surface area contributed by atoms with Gasteiger partial charge in [-0.3, -0.25) is 9.36 Å². The molecule has 8 heteroatoms. The molecule has 0 saturated carbocycles. The van der Waals surface area contributed by atoms with E-state index in [2.05, 4.69) is 5.10 Å². The van der Waals surface area contributed by atoms with Crippen molar-refractivity contribution in [1.29, 1.82) is 0 Å². The Bertz CT molecular complexity index is 942. The lowest BCUT2D eigenvalue weighted by Crippen LogP contribution is -2.35. The van der Waals surface area contributed by atoms with Crippen LogP contribution < -0.4 is 5.69 Å². The van der Waals surface area contributed by atoms with Gasteiger partial charge in [0.25, 0.3) is 0 Å². The zero-order valence-electron chi connectivity index (χ0n) is 14.6. The van der Waals surface area contributed by atoms with Crippen LogP contribution in [0.1, 0.15) is 13.3 Å². The Morgan fingerprint density at radius 1 is 1.27 bits per heavy atom. The molecule has 136 valence electrons. The van der Waals surface area contributed by atoms with Crippen LogP contribution in [0.5, 0.6) is 0 Å². The summed E-state index contributed by atoms with van der Waals surface area (Å²) in [5.74, 6) is 0.548. The van der Waals surface area contributed by atoms with Gasteiger partial charge < -0.3 is 9.32 Å². The molecule has 0 spiro atoms. The Hall–Kier alpha value is -2.80. The van der Waals surface area contributed by atoms with Gasteiger partial charge in [0, 0.05) is 18.6 Å². The number of amides is 1. The van der Waals surface area contributed by atoms with Crippen LogP contribution in [0, 0.1) is 0 Å². The van der Waals surface area contributed by atoms with Crippen LogP contribution in [0.15, 0.2) is 51.9 Å². The molecule has 0 N–H and O–H groups in total. The van der Waals surface area contributed by atoms with Gasteiger partial charge in [-0.05, 0) is 42.8 Å². The van der Waals surface area contributed by atoms with Crippen molar-refractivity contribution >= 4 is 17.5 Å². The smallest absolute Gasteiger partial charge is 0.351 e. The van der Waals surface area contributed by atoms with Crippen molar-refractivity contribution in [1.82, 2.24) is 19.2 Å². The molecule has 7 nitrogen and oxygen atoms in total. The summed E-state index contributed by atoms with van der Waals surface area (Å²) < 4.78 is 7.95. The zero-order valence-corrected chi connectivity index (χ0v) is 15.3. The molecule has 0 bridgehead atoms. The third-order valence-corrected chi connectivity index (χ3v) is 4.21. The molecule has 0 fully saturated rings. The number of likely N-dealkylation sites (N-methyl/N-ethyl adjacent to an activating group) is 1. The maximum absolute atomic E-state index is 12.9. The Balaban J connectivity index is 2.05. The summed E-state index contributed by atoms with van der Waals surface area (Å²) in [6, 6.07) is 10.1. The number of aromatic nitrogens is 3. The lowest BCUT2D eigenvalue weighted by molar-refractivity contribution is -0.130. The fraction of sp³-hybridized carbons (Fsp3) is 0.278. The van der Waals surface area contributed by atoms with Gasteiger partial charge in [0.05, 0.1) is 12.0 Å². The summed E-state index contributed by atoms with van der Waals surface area (Å²) in [6.45, 7) is 2.50. The molecule has 0 aliphatic heterocycles. The van der Waals surface area contributed by atoms with Crippen molar-refractivity contribution < 1.29 is 9.21 Å². The standard InChI is InChI=1S/C18H19ClN4O3/c1-3-10-21(2)16(24)12-22-17(15-5-4-11-26-15)20-23(18(22)25)14-8-6-13(19)7-9-14/h4-9,11H,3,10,12H2,1-2H3. The minimum absolute atomic E-state index is 0.112. The lowest BCUT2D eigenvalue weighted by Gasteiger charge is -2.16. The van der Waals surface area contributed by atoms with Crippen LogP contribution in [0.25, 0.3) is 17.3 Å². The highest BCUT2D eigenvalue weighted by molar-refractivity contribution is 6.30. The van der Waals surface area contributed by atoms with E-state index in [0.717, 1.165) is 6.42 Å². The van der Waals surface area contributed by atoms with Crippen LogP contribution >= 0.6 is 11.6 Å². The first-order valence-electron chi connectivity index (χ1n) is 8.25. The molecule has 0 unspecified atom stereocenters. The summed E-state index contributed by atoms with van der Waals surface area (Å²) in [5, 5.41) is 4.93. The van der Waals surface area contributed by atoms with Gasteiger partial charge in [-0.25, -0.2) is 4.79 Å². The first kappa shape index (κ1) is 18.0. The number of furan rings is 1. The Kier molecular flexibility index (Phi) is 5.27. The van der Waals surface area contributed by atoms with Crippen LogP contribution in [0.4, 0.5) is 0 Å². The van der Waals surface area contributed by atoms with Gasteiger partial charge in [0.1, 0.15) is 6.54 Å². The fourth-order valence-electron chi connectivity index (χ4n) is 2.59. The van der Waals surface area contributed by atoms with Crippen LogP contribution in [0.2, 0.25) is 5.02 Å². The number of halogens is 1. The van der Waals surface area contributed by atoms with Crippen LogP contribution in [0.3, 0.4) is 0 Å². The topological polar surface area (TPSA) is 73.3 Å². The van der Waals surface area contributed by atoms with Crippen molar-refractivity contribution in [3.63, 3.8) is 0 Å². The van der Waals surface area contributed by atoms with Crippen molar-refractivity contribution in [2.45, 2.75) is 19.9 Å². The van der Waals surface area contributed by atoms with Crippen LogP contribution in [-0.2, 0) is 11.3 Å². The predicted molar refractivity (Wildman–Crippen MR) is 98.5 cm³/mol. The molecule has 1 aromatic carbocycles. The highest BCUT2D eigenvalue weighted by Gasteiger charge is 2.21. The molecular weight excluding hydrogens is 356 g/mol. The Labute approximate surface area is 155 Å². The molecule has 0 aliphatic rings. The van der Waals surface area contributed by atoms with Gasteiger partial charge >= 0.3 is 5.69 Å². The number of nitrogens with zero attached hydrogens (tertiary/aromatic N) is 4. The molecule has 0 atom stereocenters. The fourth-order valence-corrected chi connectivity index (χ4v) is 2.72. The third kappa shape index (κ3) is 3.57. The molecular formula is C18H19ClN4O3. The molecule has 3 rings (SSSR count). The maximum Gasteiger partial charge on any atom is 0.351 e. The van der Waals surface area contributed by atoms with Crippen molar-refractivity contribution in [3.8, 4) is 17.3 Å². The summed E-state index contributed by atoms with van der Waals surface area (Å²) in [7, 11) is 1.72. The minimum Gasteiger partial charge on any atom is -0.461 e. The molecule has 0 saturated heterocycles. The number of hydrogen-bond donors (Lipinski definition) is 0. The van der Waals surface area contributed by atoms with E-state index in [9.17, 15) is 9.59 Å². The van der Waals surface area contributed by atoms with E-state index in [0.29, 0.717) is 28.8 Å². The third-order valence-electron chi connectivity index (χ3n) is 3.95. The Morgan fingerprint density at radius 3 is 2.62 bits per heavy atom. The van der Waals surface area contributed by atoms with Gasteiger partial charge in [0.15, 0.2) is 5.76 Å². The maximum atomic E-state index is 12.9. The van der Waals surface area contributed by atoms with E-state index < -0.39 is 5.69 Å². The Morgan fingerprint density at radius 2 is 2.00 bits per heavy atom. The van der Waals surface area contributed by atoms with E-state index in [4.69, 9.17) is 16.0 Å². The van der Waals surface area contributed by atoms with Gasteiger partial charge in [-0.2, -0.15) is 4.68 Å². The minimum atomic E-state index is -0.419. The van der Waals surface area contributed by atoms with E-state index in [1.165, 1.54) is 15.5 Å². The molecule has 2 heterocycles. The molecule has 0 radical (unpaired) electrons. The normalized spacial score (nSPS) is 10.9. The highest BCUT2D eigenvalue weighted by atomic mass is 35.5. The summed E-state index contributed by atoms with van der Waals surface area (Å²) >= 11 is 5.91. The largest absolute Gasteiger partial charge is 0.461 e. The number of benzene rings is 1. The molecule has 3 aromatic rings. The lowest BCUT2D eigenvalue weighted by atomic mass is 10.3. The number of hydrogen-bond acceptors (Lipinski definition) is 4. The van der Waals surface area contributed by atoms with E-state index in [-0.39, 0.29) is 12.5 Å². The predicted octanol–water partition coefficient (Wildman–Crippen LogP) is 2.82. The molecule has 26 heavy (non-hydrogen) atoms. The second kappa shape index (κ2) is 7.61. The second-order valence-corrected chi connectivity index (χ2v) is 6.31. The quantitative estimate of drug-likeness (QED) is 0.665.